The Morgan fingerprint density at radius 2 is 2.00 bits per heavy atom. The molecule has 0 heterocycles. The van der Waals surface area contributed by atoms with Crippen molar-refractivity contribution in [3.63, 3.8) is 0 Å². The van der Waals surface area contributed by atoms with Gasteiger partial charge in [0.25, 0.3) is 0 Å². The van der Waals surface area contributed by atoms with E-state index in [9.17, 15) is 4.79 Å². The number of carbonyl (C=O) groups excluding carboxylic acids is 1. The van der Waals surface area contributed by atoms with Gasteiger partial charge in [0.15, 0.2) is 0 Å². The van der Waals surface area contributed by atoms with E-state index in [1.165, 1.54) is 5.56 Å². The summed E-state index contributed by atoms with van der Waals surface area (Å²) in [4.78, 5) is 11.3. The van der Waals surface area contributed by atoms with Crippen molar-refractivity contribution in [1.29, 1.82) is 0 Å². The minimum atomic E-state index is 0.313. The van der Waals surface area contributed by atoms with E-state index >= 15 is 0 Å². The second-order valence-corrected chi connectivity index (χ2v) is 3.66. The van der Waals surface area contributed by atoms with Gasteiger partial charge in [-0.2, -0.15) is 0 Å². The van der Waals surface area contributed by atoms with Crippen LogP contribution in [-0.2, 0) is 11.2 Å². The number of hydrogen-bond acceptors (Lipinski definition) is 2. The molecule has 0 aromatic heterocycles. The molecule has 0 aliphatic carbocycles. The molecular formula is C13H19NO. The smallest absolute Gasteiger partial charge is 0.146 e. The van der Waals surface area contributed by atoms with E-state index < -0.39 is 0 Å². The summed E-state index contributed by atoms with van der Waals surface area (Å²) in [5.74, 6) is 0.313. The number of carbonyl (C=O) groups is 1. The van der Waals surface area contributed by atoms with Gasteiger partial charge in [-0.3, -0.25) is 4.79 Å². The number of hydrogen-bond donors (Lipinski definition) is 1. The highest BCUT2D eigenvalue weighted by Gasteiger charge is 2.00. The molecule has 0 aliphatic rings. The number of likely N-dealkylation sites (N-methyl/N-ethyl adjacent to an activating group) is 1. The van der Waals surface area contributed by atoms with Crippen LogP contribution in [-0.4, -0.2) is 18.9 Å². The molecule has 0 amide bonds. The monoisotopic (exact) mass is 205 g/mol. The van der Waals surface area contributed by atoms with Crippen molar-refractivity contribution in [2.24, 2.45) is 0 Å². The lowest BCUT2D eigenvalue weighted by Crippen LogP contribution is -2.22. The van der Waals surface area contributed by atoms with Crippen molar-refractivity contribution in [2.75, 3.05) is 13.1 Å². The zero-order valence-electron chi connectivity index (χ0n) is 9.33. The summed E-state index contributed by atoms with van der Waals surface area (Å²) in [6.07, 6.45) is 2.63. The fraction of sp³-hybridized carbons (Fsp3) is 0.462. The molecule has 0 unspecified atom stereocenters. The predicted molar refractivity (Wildman–Crippen MR) is 62.9 cm³/mol. The normalized spacial score (nSPS) is 10.2. The topological polar surface area (TPSA) is 29.1 Å². The minimum absolute atomic E-state index is 0.313. The first-order valence-electron chi connectivity index (χ1n) is 5.59. The Morgan fingerprint density at radius 3 is 2.67 bits per heavy atom. The van der Waals surface area contributed by atoms with E-state index in [1.807, 2.05) is 25.1 Å². The van der Waals surface area contributed by atoms with Gasteiger partial charge in [-0.25, -0.2) is 0 Å². The molecule has 0 radical (unpaired) electrons. The van der Waals surface area contributed by atoms with Crippen molar-refractivity contribution in [3.05, 3.63) is 35.9 Å². The molecule has 1 rings (SSSR count). The fourth-order valence-electron chi connectivity index (χ4n) is 1.49. The lowest BCUT2D eigenvalue weighted by atomic mass is 10.1. The molecule has 82 valence electrons. The van der Waals surface area contributed by atoms with Gasteiger partial charge in [0.05, 0.1) is 6.54 Å². The number of benzene rings is 1. The Balaban J connectivity index is 2.14. The van der Waals surface area contributed by atoms with E-state index in [0.717, 1.165) is 19.4 Å². The molecule has 1 aromatic carbocycles. The van der Waals surface area contributed by atoms with Gasteiger partial charge in [-0.05, 0) is 24.9 Å². The van der Waals surface area contributed by atoms with E-state index in [4.69, 9.17) is 0 Å². The van der Waals surface area contributed by atoms with Crippen molar-refractivity contribution in [2.45, 2.75) is 26.2 Å². The summed E-state index contributed by atoms with van der Waals surface area (Å²) in [6.45, 7) is 3.40. The number of nitrogens with one attached hydrogen (secondary N) is 1. The summed E-state index contributed by atoms with van der Waals surface area (Å²) in [7, 11) is 0. The molecule has 0 saturated carbocycles. The predicted octanol–water partition coefficient (Wildman–Crippen LogP) is 2.19. The quantitative estimate of drug-likeness (QED) is 0.739. The van der Waals surface area contributed by atoms with Crippen molar-refractivity contribution in [3.8, 4) is 0 Å². The highest BCUT2D eigenvalue weighted by Crippen LogP contribution is 2.04. The van der Waals surface area contributed by atoms with Crippen LogP contribution in [0.5, 0.6) is 0 Å². The minimum Gasteiger partial charge on any atom is -0.310 e. The first-order chi connectivity index (χ1) is 7.33. The van der Waals surface area contributed by atoms with Crippen LogP contribution in [0.25, 0.3) is 0 Å². The third-order valence-corrected chi connectivity index (χ3v) is 2.34. The molecule has 0 saturated heterocycles. The Bertz CT molecular complexity index is 282. The van der Waals surface area contributed by atoms with E-state index in [-0.39, 0.29) is 0 Å². The highest BCUT2D eigenvalue weighted by atomic mass is 16.1. The van der Waals surface area contributed by atoms with Crippen LogP contribution >= 0.6 is 0 Å². The van der Waals surface area contributed by atoms with Gasteiger partial charge >= 0.3 is 0 Å². The maximum absolute atomic E-state index is 11.3. The van der Waals surface area contributed by atoms with Gasteiger partial charge < -0.3 is 5.32 Å². The summed E-state index contributed by atoms with van der Waals surface area (Å²) >= 11 is 0. The zero-order chi connectivity index (χ0) is 10.9. The number of aryl methyl sites for hydroxylation is 1. The third kappa shape index (κ3) is 5.33. The summed E-state index contributed by atoms with van der Waals surface area (Å²) < 4.78 is 0. The first kappa shape index (κ1) is 11.9. The Kier molecular flexibility index (Phi) is 5.71. The molecule has 0 spiro atoms. The second-order valence-electron chi connectivity index (χ2n) is 3.66. The number of ketones is 1. The van der Waals surface area contributed by atoms with Crippen LogP contribution in [0.1, 0.15) is 25.3 Å². The average Bonchev–Trinajstić information content (AvgIpc) is 2.28. The van der Waals surface area contributed by atoms with E-state index in [2.05, 4.69) is 17.4 Å². The first-order valence-corrected chi connectivity index (χ1v) is 5.59. The molecular weight excluding hydrogens is 186 g/mol. The molecule has 1 aromatic rings. The lowest BCUT2D eigenvalue weighted by molar-refractivity contribution is -0.118. The maximum Gasteiger partial charge on any atom is 0.146 e. The van der Waals surface area contributed by atoms with Crippen LogP contribution in [0.3, 0.4) is 0 Å². The molecule has 2 nitrogen and oxygen atoms in total. The molecule has 0 bridgehead atoms. The van der Waals surface area contributed by atoms with Crippen molar-refractivity contribution < 1.29 is 4.79 Å². The second kappa shape index (κ2) is 7.18. The number of rotatable bonds is 7. The lowest BCUT2D eigenvalue weighted by Gasteiger charge is -2.02. The van der Waals surface area contributed by atoms with Crippen LogP contribution < -0.4 is 5.32 Å². The molecule has 0 aliphatic heterocycles. The number of Topliss-reactive ketones (excluding diaryl/α,β-unsaturated/α-hetero) is 1. The molecule has 2 heteroatoms. The van der Waals surface area contributed by atoms with Gasteiger partial charge in [0.1, 0.15) is 5.78 Å². The van der Waals surface area contributed by atoms with Crippen LogP contribution in [0, 0.1) is 0 Å². The summed E-state index contributed by atoms with van der Waals surface area (Å²) in [6, 6.07) is 10.3. The van der Waals surface area contributed by atoms with E-state index in [1.54, 1.807) is 0 Å². The van der Waals surface area contributed by atoms with Crippen LogP contribution in [0.4, 0.5) is 0 Å². The SMILES string of the molecule is CCNCC(=O)CCCc1ccccc1. The Morgan fingerprint density at radius 1 is 1.27 bits per heavy atom. The third-order valence-electron chi connectivity index (χ3n) is 2.34. The Hall–Kier alpha value is -1.15. The molecule has 1 N–H and O–H groups in total. The standard InChI is InChI=1S/C13H19NO/c1-2-14-11-13(15)10-6-9-12-7-4-3-5-8-12/h3-5,7-8,14H,2,6,9-11H2,1H3. The highest BCUT2D eigenvalue weighted by molar-refractivity contribution is 5.80. The van der Waals surface area contributed by atoms with Crippen molar-refractivity contribution >= 4 is 5.78 Å². The van der Waals surface area contributed by atoms with Gasteiger partial charge in [-0.1, -0.05) is 37.3 Å². The summed E-state index contributed by atoms with van der Waals surface area (Å²) in [5.41, 5.74) is 1.31. The van der Waals surface area contributed by atoms with Crippen LogP contribution in [0.15, 0.2) is 30.3 Å². The Labute approximate surface area is 91.7 Å². The summed E-state index contributed by atoms with van der Waals surface area (Å²) in [5, 5.41) is 3.05. The van der Waals surface area contributed by atoms with Gasteiger partial charge in [-0.15, -0.1) is 0 Å². The van der Waals surface area contributed by atoms with Crippen LogP contribution in [0.2, 0.25) is 0 Å². The fourth-order valence-corrected chi connectivity index (χ4v) is 1.49. The largest absolute Gasteiger partial charge is 0.310 e. The molecule has 15 heavy (non-hydrogen) atoms. The zero-order valence-corrected chi connectivity index (χ0v) is 9.33. The van der Waals surface area contributed by atoms with Gasteiger partial charge in [0.2, 0.25) is 0 Å². The average molecular weight is 205 g/mol. The van der Waals surface area contributed by atoms with Crippen molar-refractivity contribution in [1.82, 2.24) is 5.32 Å². The maximum atomic E-state index is 11.3. The van der Waals surface area contributed by atoms with Gasteiger partial charge in [0, 0.05) is 6.42 Å². The molecule has 0 atom stereocenters. The molecule has 0 fully saturated rings. The van der Waals surface area contributed by atoms with E-state index in [0.29, 0.717) is 18.7 Å².